The molecule has 4 bridgehead atoms. The average Bonchev–Trinajstić information content (AvgIpc) is 3.85. The third-order valence-electron chi connectivity index (χ3n) is 18.7. The van der Waals surface area contributed by atoms with Crippen molar-refractivity contribution in [2.24, 2.45) is 10.8 Å². The van der Waals surface area contributed by atoms with Crippen LogP contribution in [0.1, 0.15) is 125 Å². The lowest BCUT2D eigenvalue weighted by molar-refractivity contribution is -0.254. The van der Waals surface area contributed by atoms with E-state index < -0.39 is 0 Å². The normalized spacial score (nSPS) is 32.5. The Kier molecular flexibility index (Phi) is 11.0. The van der Waals surface area contributed by atoms with Crippen LogP contribution >= 0.6 is 0 Å². The highest BCUT2D eigenvalue weighted by Gasteiger charge is 2.72. The summed E-state index contributed by atoms with van der Waals surface area (Å²) in [5, 5.41) is 22.6. The molecule has 6 aliphatic carbocycles. The summed E-state index contributed by atoms with van der Waals surface area (Å²) < 4.78 is 12.6. The van der Waals surface area contributed by atoms with Crippen LogP contribution in [-0.2, 0) is 12.8 Å². The number of rotatable bonds is 14. The van der Waals surface area contributed by atoms with Crippen LogP contribution < -0.4 is 9.47 Å². The number of benzene rings is 4. The van der Waals surface area contributed by atoms with Gasteiger partial charge in [-0.1, -0.05) is 74.5 Å². The van der Waals surface area contributed by atoms with E-state index in [-0.39, 0.29) is 34.0 Å². The highest BCUT2D eigenvalue weighted by molar-refractivity contribution is 5.86. The molecule has 6 saturated carbocycles. The Balaban J connectivity index is 0.000000137. The van der Waals surface area contributed by atoms with E-state index in [1.54, 1.807) is 0 Å². The lowest BCUT2D eigenvalue weighted by Gasteiger charge is -2.76. The molecule has 6 aromatic rings. The Bertz CT molecular complexity index is 2640. The second-order valence-corrected chi connectivity index (χ2v) is 23.8. The van der Waals surface area contributed by atoms with Gasteiger partial charge in [-0.05, 0) is 161 Å². The number of aromatic amines is 2. The van der Waals surface area contributed by atoms with Gasteiger partial charge in [0.1, 0.15) is 23.7 Å². The van der Waals surface area contributed by atoms with Crippen LogP contribution in [0, 0.1) is 10.8 Å². The predicted molar refractivity (Wildman–Crippen MR) is 278 cm³/mol. The van der Waals surface area contributed by atoms with Crippen molar-refractivity contribution in [2.45, 2.75) is 139 Å². The number of hydrogen-bond acceptors (Lipinski definition) is 8. The summed E-state index contributed by atoms with van der Waals surface area (Å²) in [6, 6.07) is 36.7. The number of H-pyrrole nitrogens is 2. The zero-order chi connectivity index (χ0) is 47.6. The number of aromatic nitrogens is 2. The maximum Gasteiger partial charge on any atom is 0.124 e. The summed E-state index contributed by atoms with van der Waals surface area (Å²) in [4.78, 5) is 18.2. The lowest BCUT2D eigenvalue weighted by atomic mass is 9.38. The van der Waals surface area contributed by atoms with Gasteiger partial charge in [0.25, 0.3) is 0 Å². The van der Waals surface area contributed by atoms with E-state index in [9.17, 15) is 10.2 Å². The molecule has 368 valence electrons. The smallest absolute Gasteiger partial charge is 0.124 e. The van der Waals surface area contributed by atoms with E-state index in [4.69, 9.17) is 9.47 Å². The molecule has 2 saturated heterocycles. The summed E-state index contributed by atoms with van der Waals surface area (Å²) in [6.07, 6.45) is 11.9. The van der Waals surface area contributed by atoms with Crippen molar-refractivity contribution >= 4 is 21.8 Å². The Morgan fingerprint density at radius 3 is 1.26 bits per heavy atom. The van der Waals surface area contributed by atoms with E-state index in [1.165, 1.54) is 81.4 Å². The predicted octanol–water partition coefficient (Wildman–Crippen LogP) is 9.78. The average molecular weight is 943 g/mol. The fourth-order valence-electron chi connectivity index (χ4n) is 15.9. The quantitative estimate of drug-likeness (QED) is 0.0857. The van der Waals surface area contributed by atoms with Crippen molar-refractivity contribution < 1.29 is 19.7 Å². The second kappa shape index (κ2) is 17.0. The van der Waals surface area contributed by atoms with Crippen LogP contribution in [0.5, 0.6) is 11.5 Å². The number of ether oxygens (including phenoxy) is 2. The van der Waals surface area contributed by atoms with Gasteiger partial charge in [0.2, 0.25) is 0 Å². The third-order valence-corrected chi connectivity index (χ3v) is 18.7. The number of para-hydroxylation sites is 2. The lowest BCUT2D eigenvalue weighted by Crippen LogP contribution is -2.77. The summed E-state index contributed by atoms with van der Waals surface area (Å²) in [5.74, 6) is 1.96. The van der Waals surface area contributed by atoms with E-state index in [2.05, 4.69) is 154 Å². The minimum Gasteiger partial charge on any atom is -0.488 e. The van der Waals surface area contributed by atoms with E-state index in [1.807, 2.05) is 0 Å². The molecule has 0 radical (unpaired) electrons. The van der Waals surface area contributed by atoms with Gasteiger partial charge in [0.05, 0.1) is 12.1 Å². The Morgan fingerprint density at radius 2 is 0.900 bits per heavy atom. The molecule has 10 aliphatic rings. The fraction of sp³-hybridized carbons (Fsp3) is 0.533. The number of aliphatic hydroxyl groups excluding tert-OH is 2. The Morgan fingerprint density at radius 1 is 0.529 bits per heavy atom. The summed E-state index contributed by atoms with van der Waals surface area (Å²) in [6.45, 7) is 16.4. The maximum absolute atomic E-state index is 9.93. The first-order valence-electron chi connectivity index (χ1n) is 27.0. The van der Waals surface area contributed by atoms with Gasteiger partial charge in [-0.2, -0.15) is 0 Å². The zero-order valence-electron chi connectivity index (χ0n) is 41.9. The molecule has 8 fully saturated rings. The molecule has 1 unspecified atom stereocenters. The van der Waals surface area contributed by atoms with Crippen LogP contribution in [0.2, 0.25) is 0 Å². The highest BCUT2D eigenvalue weighted by Crippen LogP contribution is 2.73. The molecule has 6 heterocycles. The first kappa shape index (κ1) is 45.2. The van der Waals surface area contributed by atoms with Crippen molar-refractivity contribution in [3.63, 3.8) is 0 Å². The van der Waals surface area contributed by atoms with Crippen LogP contribution in [-0.4, -0.2) is 128 Å². The van der Waals surface area contributed by atoms with E-state index in [0.29, 0.717) is 37.5 Å². The molecule has 0 amide bonds. The summed E-state index contributed by atoms with van der Waals surface area (Å²) >= 11 is 0. The minimum absolute atomic E-state index is 0.192. The number of likely N-dealkylation sites (tertiary alicyclic amines) is 2. The van der Waals surface area contributed by atoms with E-state index in [0.717, 1.165) is 89.0 Å². The second-order valence-electron chi connectivity index (χ2n) is 23.8. The largest absolute Gasteiger partial charge is 0.488 e. The van der Waals surface area contributed by atoms with Crippen LogP contribution in [0.15, 0.2) is 97.1 Å². The summed E-state index contributed by atoms with van der Waals surface area (Å²) in [7, 11) is 0. The van der Waals surface area contributed by atoms with Crippen molar-refractivity contribution in [3.05, 3.63) is 131 Å². The van der Waals surface area contributed by atoms with Gasteiger partial charge in [-0.3, -0.25) is 19.6 Å². The van der Waals surface area contributed by atoms with Crippen molar-refractivity contribution in [3.8, 4) is 11.5 Å². The fourth-order valence-corrected chi connectivity index (χ4v) is 15.9. The molecular formula is C60H74N6O4. The highest BCUT2D eigenvalue weighted by atomic mass is 16.5. The first-order valence-corrected chi connectivity index (χ1v) is 27.0. The topological polar surface area (TPSA) is 103 Å². The zero-order valence-corrected chi connectivity index (χ0v) is 41.9. The molecular weight excluding hydrogens is 869 g/mol. The number of nitrogens with one attached hydrogen (secondary N) is 2. The van der Waals surface area contributed by atoms with Crippen molar-refractivity contribution in [1.29, 1.82) is 0 Å². The molecule has 10 nitrogen and oxygen atoms in total. The van der Waals surface area contributed by atoms with Crippen molar-refractivity contribution in [1.82, 2.24) is 29.6 Å². The molecule has 0 spiro atoms. The Hall–Kier alpha value is -4.68. The molecule has 4 atom stereocenters. The van der Waals surface area contributed by atoms with Crippen LogP contribution in [0.4, 0.5) is 0 Å². The number of nitrogens with zero attached hydrogens (tertiary/aromatic N) is 4. The van der Waals surface area contributed by atoms with Crippen LogP contribution in [0.25, 0.3) is 21.8 Å². The Labute approximate surface area is 414 Å². The molecule has 2 aromatic heterocycles. The number of fused-ring (bicyclic) bond motifs is 6. The number of hydrogen-bond donors (Lipinski definition) is 4. The first-order chi connectivity index (χ1) is 34.1. The molecule has 4 aliphatic heterocycles. The molecule has 4 N–H and O–H groups in total. The maximum atomic E-state index is 9.93. The minimum atomic E-state index is 0.192. The molecule has 70 heavy (non-hydrogen) atoms. The molecule has 16 rings (SSSR count). The van der Waals surface area contributed by atoms with Gasteiger partial charge in [0.15, 0.2) is 0 Å². The van der Waals surface area contributed by atoms with Gasteiger partial charge in [-0.25, -0.2) is 0 Å². The molecule has 4 aromatic carbocycles. The van der Waals surface area contributed by atoms with Gasteiger partial charge in [-0.15, -0.1) is 0 Å². The SMILES string of the molecule is CCCN1CC(Oc2ccc(C3c4[nH]c5ccccc5c4C[C@H](C)N3C34CC(CO)(C3)C4)cc2)C1.CCCN1CC(Oc2ccc([C@@H]3c4[nH]c5ccccc5c4C[C@@H](C)N3C34CC(CO)(C3)C4)cc2)C1. The van der Waals surface area contributed by atoms with Gasteiger partial charge >= 0.3 is 0 Å². The summed E-state index contributed by atoms with van der Waals surface area (Å²) in [5.41, 5.74) is 11.6. The van der Waals surface area contributed by atoms with Crippen molar-refractivity contribution in [2.75, 3.05) is 52.5 Å². The number of aliphatic hydroxyl groups is 2. The van der Waals surface area contributed by atoms with Crippen LogP contribution in [0.3, 0.4) is 0 Å². The van der Waals surface area contributed by atoms with Gasteiger partial charge < -0.3 is 29.7 Å². The molecule has 10 heteroatoms. The standard InChI is InChI=1S/2C30H37N3O2/c2*1-3-12-32-14-23(15-32)35-22-10-8-21(9-11-22)28-27-25(24-6-4-5-7-26(24)31-27)13-20(2)33(28)30-16-29(17-30,18-30)19-34/h2*4-11,20,23,28,31,34H,3,12-19H2,1-2H3/t20-,28?,29?,30?;20-,28-,29?,30?/m01/s1. The monoisotopic (exact) mass is 943 g/mol. The van der Waals surface area contributed by atoms with Gasteiger partial charge in [0, 0.05) is 95.7 Å². The van der Waals surface area contributed by atoms with E-state index >= 15 is 0 Å². The third kappa shape index (κ3) is 7.16.